The van der Waals surface area contributed by atoms with Gasteiger partial charge >= 0.3 is 0 Å². The molecule has 0 N–H and O–H groups in total. The summed E-state index contributed by atoms with van der Waals surface area (Å²) in [6, 6.07) is 18.4. The van der Waals surface area contributed by atoms with E-state index in [-0.39, 0.29) is 0 Å². The number of thioether (sulfide) groups is 1. The highest BCUT2D eigenvalue weighted by Crippen LogP contribution is 2.31. The second kappa shape index (κ2) is 8.52. The van der Waals surface area contributed by atoms with E-state index in [4.69, 9.17) is 4.74 Å². The number of aryl methyl sites for hydroxylation is 1. The second-order valence-electron chi connectivity index (χ2n) is 6.41. The summed E-state index contributed by atoms with van der Waals surface area (Å²) in [5.74, 6) is 2.65. The van der Waals surface area contributed by atoms with E-state index in [1.165, 1.54) is 10.9 Å². The van der Waals surface area contributed by atoms with Crippen molar-refractivity contribution in [1.82, 2.24) is 19.3 Å². The third-order valence-corrected chi connectivity index (χ3v) is 5.66. The van der Waals surface area contributed by atoms with Crippen molar-refractivity contribution < 1.29 is 4.74 Å². The van der Waals surface area contributed by atoms with Crippen LogP contribution in [0.1, 0.15) is 13.8 Å². The highest BCUT2D eigenvalue weighted by Gasteiger charge is 2.17. The fraction of sp³-hybridized carbons (Fsp3) is 0.273. The summed E-state index contributed by atoms with van der Waals surface area (Å²) >= 11 is 1.68. The van der Waals surface area contributed by atoms with Crippen LogP contribution in [0.4, 0.5) is 0 Å². The van der Waals surface area contributed by atoms with Gasteiger partial charge in [-0.1, -0.05) is 48.2 Å². The number of aromatic nitrogens is 4. The van der Waals surface area contributed by atoms with Crippen LogP contribution in [0.2, 0.25) is 0 Å². The predicted octanol–water partition coefficient (Wildman–Crippen LogP) is 5.11. The average Bonchev–Trinajstić information content (AvgIpc) is 3.32. The van der Waals surface area contributed by atoms with E-state index >= 15 is 0 Å². The molecule has 0 aliphatic carbocycles. The quantitative estimate of drug-likeness (QED) is 0.309. The largest absolute Gasteiger partial charge is 0.493 e. The average molecular weight is 393 g/mol. The third kappa shape index (κ3) is 3.64. The van der Waals surface area contributed by atoms with Crippen LogP contribution in [0, 0.1) is 0 Å². The number of hydrogen-bond donors (Lipinski definition) is 0. The van der Waals surface area contributed by atoms with Gasteiger partial charge in [0.25, 0.3) is 0 Å². The molecule has 144 valence electrons. The Morgan fingerprint density at radius 1 is 0.929 bits per heavy atom. The van der Waals surface area contributed by atoms with Crippen molar-refractivity contribution >= 4 is 22.7 Å². The number of rotatable bonds is 8. The van der Waals surface area contributed by atoms with E-state index in [2.05, 4.69) is 63.6 Å². The van der Waals surface area contributed by atoms with Crippen LogP contribution in [0.5, 0.6) is 5.75 Å². The standard InChI is InChI=1S/C22H24N4OS/c1-3-25-16-19(18-12-8-9-13-20(18)25)21-23-24-22(26(21)4-2)28-15-14-27-17-10-6-5-7-11-17/h5-13,16H,3-4,14-15H2,1-2H3. The Kier molecular flexibility index (Phi) is 5.67. The normalized spacial score (nSPS) is 11.2. The second-order valence-corrected chi connectivity index (χ2v) is 7.47. The topological polar surface area (TPSA) is 44.9 Å². The number of ether oxygens (including phenoxy) is 1. The molecule has 28 heavy (non-hydrogen) atoms. The van der Waals surface area contributed by atoms with E-state index in [1.54, 1.807) is 11.8 Å². The van der Waals surface area contributed by atoms with Crippen LogP contribution in [-0.2, 0) is 13.1 Å². The van der Waals surface area contributed by atoms with Crippen LogP contribution >= 0.6 is 11.8 Å². The molecule has 0 unspecified atom stereocenters. The van der Waals surface area contributed by atoms with Crippen LogP contribution in [0.3, 0.4) is 0 Å². The van der Waals surface area contributed by atoms with Gasteiger partial charge in [-0.25, -0.2) is 0 Å². The maximum absolute atomic E-state index is 5.79. The van der Waals surface area contributed by atoms with Crippen molar-refractivity contribution in [3.63, 3.8) is 0 Å². The molecule has 5 nitrogen and oxygen atoms in total. The Hall–Kier alpha value is -2.73. The van der Waals surface area contributed by atoms with E-state index in [0.29, 0.717) is 6.61 Å². The first-order valence-corrected chi connectivity index (χ1v) is 10.6. The molecule has 2 aromatic carbocycles. The highest BCUT2D eigenvalue weighted by molar-refractivity contribution is 7.99. The summed E-state index contributed by atoms with van der Waals surface area (Å²) < 4.78 is 10.2. The van der Waals surface area contributed by atoms with Gasteiger partial charge in [0.05, 0.1) is 6.61 Å². The Morgan fingerprint density at radius 3 is 2.50 bits per heavy atom. The van der Waals surface area contributed by atoms with Crippen LogP contribution in [-0.4, -0.2) is 31.7 Å². The number of benzene rings is 2. The predicted molar refractivity (Wildman–Crippen MR) is 115 cm³/mol. The van der Waals surface area contributed by atoms with E-state index in [0.717, 1.165) is 41.1 Å². The van der Waals surface area contributed by atoms with Crippen LogP contribution in [0.25, 0.3) is 22.3 Å². The minimum atomic E-state index is 0.635. The van der Waals surface area contributed by atoms with Gasteiger partial charge in [0.15, 0.2) is 11.0 Å². The highest BCUT2D eigenvalue weighted by atomic mass is 32.2. The summed E-state index contributed by atoms with van der Waals surface area (Å²) in [5.41, 5.74) is 2.37. The van der Waals surface area contributed by atoms with Crippen molar-refractivity contribution in [2.75, 3.05) is 12.4 Å². The number of hydrogen-bond acceptors (Lipinski definition) is 4. The molecule has 4 aromatic rings. The molecular weight excluding hydrogens is 368 g/mol. The van der Waals surface area contributed by atoms with Gasteiger partial charge in [0.2, 0.25) is 0 Å². The molecule has 0 radical (unpaired) electrons. The molecule has 0 amide bonds. The minimum Gasteiger partial charge on any atom is -0.493 e. The van der Waals surface area contributed by atoms with Gasteiger partial charge in [-0.05, 0) is 32.0 Å². The smallest absolute Gasteiger partial charge is 0.191 e. The van der Waals surface area contributed by atoms with Crippen LogP contribution in [0.15, 0.2) is 66.0 Å². The molecule has 0 saturated heterocycles. The first-order valence-electron chi connectivity index (χ1n) is 9.64. The lowest BCUT2D eigenvalue weighted by Crippen LogP contribution is -2.03. The zero-order chi connectivity index (χ0) is 19.3. The summed E-state index contributed by atoms with van der Waals surface area (Å²) in [7, 11) is 0. The lowest BCUT2D eigenvalue weighted by Gasteiger charge is -2.08. The molecule has 0 bridgehead atoms. The maximum atomic E-state index is 5.79. The van der Waals surface area contributed by atoms with Crippen molar-refractivity contribution in [2.45, 2.75) is 32.1 Å². The third-order valence-electron chi connectivity index (χ3n) is 4.73. The minimum absolute atomic E-state index is 0.635. The fourth-order valence-corrected chi connectivity index (χ4v) is 4.19. The zero-order valence-electron chi connectivity index (χ0n) is 16.2. The maximum Gasteiger partial charge on any atom is 0.191 e. The molecule has 0 spiro atoms. The molecule has 4 rings (SSSR count). The summed E-state index contributed by atoms with van der Waals surface area (Å²) in [6.07, 6.45) is 2.19. The first-order chi connectivity index (χ1) is 13.8. The van der Waals surface area contributed by atoms with Crippen LogP contribution < -0.4 is 4.74 Å². The molecule has 0 fully saturated rings. The van der Waals surface area contributed by atoms with Gasteiger partial charge in [0.1, 0.15) is 5.75 Å². The molecule has 0 aliphatic rings. The molecule has 0 atom stereocenters. The van der Waals surface area contributed by atoms with E-state index in [1.807, 2.05) is 30.3 Å². The van der Waals surface area contributed by atoms with Crippen molar-refractivity contribution in [1.29, 1.82) is 0 Å². The number of fused-ring (bicyclic) bond motifs is 1. The number of para-hydroxylation sites is 2. The molecular formula is C22H24N4OS. The van der Waals surface area contributed by atoms with E-state index in [9.17, 15) is 0 Å². The zero-order valence-corrected chi connectivity index (χ0v) is 17.0. The molecule has 0 aliphatic heterocycles. The van der Waals surface area contributed by atoms with Crippen molar-refractivity contribution in [2.24, 2.45) is 0 Å². The molecule has 0 saturated carbocycles. The summed E-state index contributed by atoms with van der Waals surface area (Å²) in [6.45, 7) is 6.69. The Morgan fingerprint density at radius 2 is 1.71 bits per heavy atom. The van der Waals surface area contributed by atoms with E-state index < -0.39 is 0 Å². The summed E-state index contributed by atoms with van der Waals surface area (Å²) in [4.78, 5) is 0. The van der Waals surface area contributed by atoms with Gasteiger partial charge in [0, 0.05) is 41.5 Å². The SMILES string of the molecule is CCn1c(SCCOc2ccccc2)nnc1-c1cn(CC)c2ccccc12. The molecule has 2 aromatic heterocycles. The number of nitrogens with zero attached hydrogens (tertiary/aromatic N) is 4. The Bertz CT molecular complexity index is 1060. The van der Waals surface area contributed by atoms with Gasteiger partial charge in [-0.15, -0.1) is 10.2 Å². The Balaban J connectivity index is 1.53. The first kappa shape index (κ1) is 18.6. The van der Waals surface area contributed by atoms with Crippen molar-refractivity contribution in [3.05, 3.63) is 60.8 Å². The Labute approximate surface area is 169 Å². The van der Waals surface area contributed by atoms with Gasteiger partial charge in [-0.2, -0.15) is 0 Å². The lowest BCUT2D eigenvalue weighted by atomic mass is 10.1. The van der Waals surface area contributed by atoms with Gasteiger partial charge in [-0.3, -0.25) is 0 Å². The summed E-state index contributed by atoms with van der Waals surface area (Å²) in [5, 5.41) is 11.1. The van der Waals surface area contributed by atoms with Crippen molar-refractivity contribution in [3.8, 4) is 17.1 Å². The lowest BCUT2D eigenvalue weighted by molar-refractivity contribution is 0.344. The molecule has 2 heterocycles. The monoisotopic (exact) mass is 392 g/mol. The van der Waals surface area contributed by atoms with Gasteiger partial charge < -0.3 is 13.9 Å². The fourth-order valence-electron chi connectivity index (χ4n) is 3.38. The molecule has 6 heteroatoms.